The first-order valence-electron chi connectivity index (χ1n) is 11.8. The number of anilines is 1. The third-order valence-corrected chi connectivity index (χ3v) is 5.66. The zero-order valence-electron chi connectivity index (χ0n) is 21.1. The molecule has 0 aliphatic heterocycles. The molecular weight excluding hydrogens is 466 g/mol. The smallest absolute Gasteiger partial charge is 0.224 e. The van der Waals surface area contributed by atoms with Crippen LogP contribution in [0.15, 0.2) is 76.2 Å². The Morgan fingerprint density at radius 3 is 2.57 bits per heavy atom. The van der Waals surface area contributed by atoms with E-state index >= 15 is 0 Å². The lowest BCUT2D eigenvalue weighted by Gasteiger charge is -2.24. The molecule has 0 fully saturated rings. The summed E-state index contributed by atoms with van der Waals surface area (Å²) in [6, 6.07) is 13.2. The van der Waals surface area contributed by atoms with Crippen LogP contribution >= 0.6 is 0 Å². The van der Waals surface area contributed by atoms with Crippen LogP contribution in [-0.2, 0) is 11.3 Å². The van der Waals surface area contributed by atoms with Crippen molar-refractivity contribution in [2.45, 2.75) is 40.3 Å². The summed E-state index contributed by atoms with van der Waals surface area (Å²) in [7, 11) is 0. The highest BCUT2D eigenvalue weighted by molar-refractivity contribution is 6.16. The largest absolute Gasteiger partial charge is 0.460 e. The van der Waals surface area contributed by atoms with E-state index in [0.29, 0.717) is 33.8 Å². The quantitative estimate of drug-likeness (QED) is 0.366. The number of rotatable bonds is 7. The van der Waals surface area contributed by atoms with Gasteiger partial charge in [-0.2, -0.15) is 5.26 Å². The zero-order valence-corrected chi connectivity index (χ0v) is 21.1. The van der Waals surface area contributed by atoms with Crippen LogP contribution in [0.2, 0.25) is 0 Å². The van der Waals surface area contributed by atoms with E-state index in [1.54, 1.807) is 25.4 Å². The van der Waals surface area contributed by atoms with Crippen LogP contribution < -0.4 is 10.6 Å². The molecule has 4 heterocycles. The number of aromatic nitrogens is 3. The molecule has 37 heavy (non-hydrogen) atoms. The number of fused-ring (bicyclic) bond motifs is 1. The first-order chi connectivity index (χ1) is 17.8. The van der Waals surface area contributed by atoms with Gasteiger partial charge in [0.15, 0.2) is 5.58 Å². The lowest BCUT2D eigenvalue weighted by Crippen LogP contribution is -2.30. The van der Waals surface area contributed by atoms with Gasteiger partial charge in [-0.3, -0.25) is 19.8 Å². The maximum atomic E-state index is 13.0. The molecule has 0 bridgehead atoms. The molecule has 4 aromatic heterocycles. The standard InChI is InChI=1S/C28H27N7O2/c1-17(2)33-25(18(3)13-29)26-21(14-30)27(28-24(34-26)10-12-37-28)35(19(4)36)16-20-8-9-23(32-15-20)22-7-5-6-11-31-22/h5-13,15,17H,16,29H2,1-4H3/b18-13-,33-25?. The summed E-state index contributed by atoms with van der Waals surface area (Å²) in [6.07, 6.45) is 6.32. The summed E-state index contributed by atoms with van der Waals surface area (Å²) in [5.41, 5.74) is 10.9. The van der Waals surface area contributed by atoms with Gasteiger partial charge in [0.25, 0.3) is 0 Å². The fourth-order valence-electron chi connectivity index (χ4n) is 3.91. The average Bonchev–Trinajstić information content (AvgIpc) is 3.38. The first kappa shape index (κ1) is 25.3. The van der Waals surface area contributed by atoms with Gasteiger partial charge in [-0.1, -0.05) is 12.1 Å². The fourth-order valence-corrected chi connectivity index (χ4v) is 3.91. The van der Waals surface area contributed by atoms with Gasteiger partial charge < -0.3 is 15.1 Å². The molecule has 0 unspecified atom stereocenters. The van der Waals surface area contributed by atoms with Crippen molar-refractivity contribution in [2.75, 3.05) is 4.90 Å². The third kappa shape index (κ3) is 5.23. The van der Waals surface area contributed by atoms with Crippen molar-refractivity contribution < 1.29 is 9.21 Å². The highest BCUT2D eigenvalue weighted by Gasteiger charge is 2.27. The van der Waals surface area contributed by atoms with Crippen molar-refractivity contribution in [3.8, 4) is 17.5 Å². The maximum Gasteiger partial charge on any atom is 0.224 e. The predicted octanol–water partition coefficient (Wildman–Crippen LogP) is 4.77. The molecule has 4 rings (SSSR count). The van der Waals surface area contributed by atoms with Gasteiger partial charge in [0.2, 0.25) is 5.91 Å². The minimum Gasteiger partial charge on any atom is -0.460 e. The number of aliphatic imine (C=N–C) groups is 1. The van der Waals surface area contributed by atoms with E-state index in [1.807, 2.05) is 44.2 Å². The molecule has 0 aromatic carbocycles. The summed E-state index contributed by atoms with van der Waals surface area (Å²) in [5.74, 6) is -0.270. The molecule has 9 nitrogen and oxygen atoms in total. The Kier molecular flexibility index (Phi) is 7.39. The van der Waals surface area contributed by atoms with Crippen molar-refractivity contribution in [1.82, 2.24) is 15.0 Å². The summed E-state index contributed by atoms with van der Waals surface area (Å²) in [4.78, 5) is 32.7. The summed E-state index contributed by atoms with van der Waals surface area (Å²) < 4.78 is 5.73. The lowest BCUT2D eigenvalue weighted by molar-refractivity contribution is -0.116. The molecule has 0 aliphatic carbocycles. The molecule has 0 saturated carbocycles. The first-order valence-corrected chi connectivity index (χ1v) is 11.8. The van der Waals surface area contributed by atoms with Crippen molar-refractivity contribution in [3.05, 3.63) is 83.6 Å². The second kappa shape index (κ2) is 10.8. The highest BCUT2D eigenvalue weighted by Crippen LogP contribution is 2.34. The van der Waals surface area contributed by atoms with Gasteiger partial charge in [-0.25, -0.2) is 4.98 Å². The van der Waals surface area contributed by atoms with Gasteiger partial charge >= 0.3 is 0 Å². The van der Waals surface area contributed by atoms with Crippen LogP contribution in [-0.4, -0.2) is 32.6 Å². The van der Waals surface area contributed by atoms with Gasteiger partial charge in [0.05, 0.1) is 29.9 Å². The van der Waals surface area contributed by atoms with Crippen LogP contribution in [0.5, 0.6) is 0 Å². The number of hydrogen-bond donors (Lipinski definition) is 1. The maximum absolute atomic E-state index is 13.0. The van der Waals surface area contributed by atoms with E-state index in [2.05, 4.69) is 21.0 Å². The number of carbonyl (C=O) groups is 1. The fraction of sp³-hybridized carbons (Fsp3) is 0.214. The minimum absolute atomic E-state index is 0.0747. The van der Waals surface area contributed by atoms with Gasteiger partial charge in [0.1, 0.15) is 28.5 Å². The van der Waals surface area contributed by atoms with Crippen molar-refractivity contribution in [3.63, 3.8) is 0 Å². The Morgan fingerprint density at radius 1 is 1.19 bits per heavy atom. The van der Waals surface area contributed by atoms with Gasteiger partial charge in [-0.05, 0) is 56.3 Å². The minimum atomic E-state index is -0.270. The second-order valence-electron chi connectivity index (χ2n) is 8.72. The molecule has 0 atom stereocenters. The van der Waals surface area contributed by atoms with E-state index in [-0.39, 0.29) is 24.1 Å². The van der Waals surface area contributed by atoms with Gasteiger partial charge in [0, 0.05) is 31.4 Å². The molecule has 1 amide bonds. The number of nitrogens with two attached hydrogens (primary N) is 1. The summed E-state index contributed by atoms with van der Waals surface area (Å²) in [6.45, 7) is 7.27. The Labute approximate surface area is 215 Å². The molecule has 0 radical (unpaired) electrons. The number of carbonyl (C=O) groups excluding carboxylic acids is 1. The van der Waals surface area contributed by atoms with Crippen LogP contribution in [0.25, 0.3) is 22.5 Å². The number of hydrogen-bond acceptors (Lipinski definition) is 8. The van der Waals surface area contributed by atoms with Crippen LogP contribution in [0, 0.1) is 11.3 Å². The summed E-state index contributed by atoms with van der Waals surface area (Å²) >= 11 is 0. The molecule has 9 heteroatoms. The molecule has 0 spiro atoms. The van der Waals surface area contributed by atoms with E-state index in [4.69, 9.17) is 15.1 Å². The predicted molar refractivity (Wildman–Crippen MR) is 143 cm³/mol. The highest BCUT2D eigenvalue weighted by atomic mass is 16.3. The Bertz CT molecular complexity index is 1530. The van der Waals surface area contributed by atoms with E-state index < -0.39 is 0 Å². The second-order valence-corrected chi connectivity index (χ2v) is 8.72. The van der Waals surface area contributed by atoms with Crippen LogP contribution in [0.1, 0.15) is 44.5 Å². The number of amides is 1. The van der Waals surface area contributed by atoms with Crippen molar-refractivity contribution >= 4 is 28.4 Å². The number of furan rings is 1. The van der Waals surface area contributed by atoms with Crippen LogP contribution in [0.3, 0.4) is 0 Å². The van der Waals surface area contributed by atoms with Crippen molar-refractivity contribution in [1.29, 1.82) is 5.26 Å². The normalized spacial score (nSPS) is 12.1. The number of allylic oxidation sites excluding steroid dienone is 1. The SMILES string of the molecule is CC(=O)N(Cc1ccc(-c2ccccn2)nc1)c1c(C#N)c(C(=NC(C)C)/C(C)=C\N)nc2ccoc12. The number of nitrogens with zero attached hydrogens (tertiary/aromatic N) is 6. The molecule has 0 saturated heterocycles. The van der Waals surface area contributed by atoms with Crippen molar-refractivity contribution in [2.24, 2.45) is 10.7 Å². The lowest BCUT2D eigenvalue weighted by atomic mass is 10.0. The molecule has 186 valence electrons. The Morgan fingerprint density at radius 2 is 1.97 bits per heavy atom. The Hall–Kier alpha value is -4.84. The molecule has 2 N–H and O–H groups in total. The number of pyridine rings is 3. The van der Waals surface area contributed by atoms with E-state index in [0.717, 1.165) is 17.0 Å². The van der Waals surface area contributed by atoms with E-state index in [9.17, 15) is 10.1 Å². The monoisotopic (exact) mass is 493 g/mol. The molecular formula is C28H27N7O2. The molecule has 4 aromatic rings. The van der Waals surface area contributed by atoms with E-state index in [1.165, 1.54) is 24.3 Å². The van der Waals surface area contributed by atoms with Crippen LogP contribution in [0.4, 0.5) is 5.69 Å². The third-order valence-electron chi connectivity index (χ3n) is 5.66. The number of nitriles is 1. The summed E-state index contributed by atoms with van der Waals surface area (Å²) in [5, 5.41) is 10.3. The Balaban J connectivity index is 1.86. The zero-order chi connectivity index (χ0) is 26.5. The molecule has 0 aliphatic rings. The average molecular weight is 494 g/mol. The topological polar surface area (TPSA) is 134 Å². The van der Waals surface area contributed by atoms with Gasteiger partial charge in [-0.15, -0.1) is 0 Å².